The molecule has 4 aromatic rings. The Kier molecular flexibility index (Phi) is 16.4. The first kappa shape index (κ1) is 36.8. The average Bonchev–Trinajstić information content (AvgIpc) is 2.97. The van der Waals surface area contributed by atoms with E-state index in [1.807, 2.05) is 48.8 Å². The van der Waals surface area contributed by atoms with Gasteiger partial charge in [-0.25, -0.2) is 0 Å². The van der Waals surface area contributed by atoms with Crippen LogP contribution in [0.3, 0.4) is 0 Å². The van der Waals surface area contributed by atoms with Crippen LogP contribution in [0.1, 0.15) is 55.4 Å². The Labute approximate surface area is 277 Å². The normalized spacial score (nSPS) is 11.3. The van der Waals surface area contributed by atoms with Gasteiger partial charge in [-0.15, -0.1) is 0 Å². The molecule has 0 fully saturated rings. The molecule has 4 nitrogen and oxygen atoms in total. The van der Waals surface area contributed by atoms with Gasteiger partial charge in [0.1, 0.15) is 0 Å². The molecule has 4 aromatic heterocycles. The molecule has 0 aliphatic heterocycles. The van der Waals surface area contributed by atoms with Gasteiger partial charge < -0.3 is 0 Å². The van der Waals surface area contributed by atoms with Crippen molar-refractivity contribution < 1.29 is 19.5 Å². The summed E-state index contributed by atoms with van der Waals surface area (Å²) in [6.45, 7) is 18.6. The molecule has 0 amide bonds. The molecule has 0 saturated heterocycles. The molecule has 0 atom stereocenters. The van der Waals surface area contributed by atoms with E-state index in [4.69, 9.17) is 0 Å². The SMILES string of the molecule is CC(C)C[SiH](CC(C)C)c1ccc(-c2ccccn2)nc1.CC(C)C[SiH](CC(C)C)c1ccc(-c2ccccn2)nc1.[Ru]. The van der Waals surface area contributed by atoms with E-state index < -0.39 is 17.6 Å². The van der Waals surface area contributed by atoms with Gasteiger partial charge in [-0.3, -0.25) is 19.9 Å². The van der Waals surface area contributed by atoms with Gasteiger partial charge in [0.25, 0.3) is 0 Å². The third-order valence-corrected chi connectivity index (χ3v) is 16.0. The van der Waals surface area contributed by atoms with Crippen molar-refractivity contribution in [2.45, 2.75) is 79.6 Å². The first-order chi connectivity index (χ1) is 20.1. The summed E-state index contributed by atoms with van der Waals surface area (Å²) in [5.41, 5.74) is 3.85. The van der Waals surface area contributed by atoms with Crippen LogP contribution in [-0.4, -0.2) is 37.5 Å². The van der Waals surface area contributed by atoms with Gasteiger partial charge in [0.05, 0.1) is 40.4 Å². The first-order valence-electron chi connectivity index (χ1n) is 15.9. The fourth-order valence-electron chi connectivity index (χ4n) is 5.64. The van der Waals surface area contributed by atoms with Crippen molar-refractivity contribution >= 4 is 28.0 Å². The molecule has 4 heterocycles. The van der Waals surface area contributed by atoms with Crippen molar-refractivity contribution in [1.29, 1.82) is 0 Å². The molecule has 0 bridgehead atoms. The number of nitrogens with zero attached hydrogens (tertiary/aromatic N) is 4. The molecule has 232 valence electrons. The van der Waals surface area contributed by atoms with Gasteiger partial charge in [0, 0.05) is 44.3 Å². The fourth-order valence-corrected chi connectivity index (χ4v) is 13.0. The maximum atomic E-state index is 4.66. The average molecular weight is 698 g/mol. The van der Waals surface area contributed by atoms with E-state index in [2.05, 4.69) is 112 Å². The summed E-state index contributed by atoms with van der Waals surface area (Å²) in [5.74, 6) is 3.10. The zero-order chi connectivity index (χ0) is 30.5. The molecule has 0 radical (unpaired) electrons. The summed E-state index contributed by atoms with van der Waals surface area (Å²) >= 11 is 0. The Balaban J connectivity index is 0.000000293. The molecule has 0 N–H and O–H groups in total. The van der Waals surface area contributed by atoms with E-state index >= 15 is 0 Å². The predicted molar refractivity (Wildman–Crippen MR) is 187 cm³/mol. The Morgan fingerprint density at radius 1 is 0.442 bits per heavy atom. The number of rotatable bonds is 12. The quantitative estimate of drug-likeness (QED) is 0.142. The Bertz CT molecular complexity index is 1160. The Morgan fingerprint density at radius 2 is 0.767 bits per heavy atom. The molecular formula is C36H52N4RuSi2. The number of hydrogen-bond donors (Lipinski definition) is 0. The standard InChI is InChI=1S/2C18H26N2Si.Ru/c2*1-14(2)12-21(13-15(3)4)16-8-9-18(20-11-16)17-7-5-6-10-19-17;/h2*5-11,14-15,21H,12-13H2,1-4H3;. The van der Waals surface area contributed by atoms with Gasteiger partial charge in [-0.1, -0.05) is 104 Å². The molecule has 43 heavy (non-hydrogen) atoms. The van der Waals surface area contributed by atoms with E-state index in [1.165, 1.54) is 34.5 Å². The Morgan fingerprint density at radius 3 is 1.00 bits per heavy atom. The van der Waals surface area contributed by atoms with Crippen LogP contribution in [0.2, 0.25) is 24.2 Å². The molecule has 4 rings (SSSR count). The molecule has 0 aliphatic carbocycles. The molecule has 0 aliphatic rings. The van der Waals surface area contributed by atoms with E-state index in [1.54, 1.807) is 0 Å². The second-order valence-electron chi connectivity index (χ2n) is 13.3. The third kappa shape index (κ3) is 13.0. The van der Waals surface area contributed by atoms with Gasteiger partial charge in [0.2, 0.25) is 0 Å². The van der Waals surface area contributed by atoms with Gasteiger partial charge in [0.15, 0.2) is 0 Å². The molecule has 0 unspecified atom stereocenters. The zero-order valence-corrected chi connectivity index (χ0v) is 31.6. The molecular weight excluding hydrogens is 646 g/mol. The van der Waals surface area contributed by atoms with Crippen LogP contribution in [0.15, 0.2) is 85.5 Å². The minimum atomic E-state index is -0.905. The molecule has 7 heteroatoms. The zero-order valence-electron chi connectivity index (χ0n) is 27.5. The summed E-state index contributed by atoms with van der Waals surface area (Å²) in [5, 5.41) is 2.99. The minimum Gasteiger partial charge on any atom is -0.255 e. The maximum absolute atomic E-state index is 4.66. The van der Waals surface area contributed by atoms with Crippen molar-refractivity contribution in [2.24, 2.45) is 23.7 Å². The molecule has 0 saturated carbocycles. The van der Waals surface area contributed by atoms with E-state index in [-0.39, 0.29) is 19.5 Å². The Hall–Kier alpha value is -2.34. The number of aromatic nitrogens is 4. The molecule has 0 spiro atoms. The topological polar surface area (TPSA) is 51.6 Å². The predicted octanol–water partition coefficient (Wildman–Crippen LogP) is 7.78. The van der Waals surface area contributed by atoms with Crippen LogP contribution in [0.5, 0.6) is 0 Å². The van der Waals surface area contributed by atoms with Crippen LogP contribution >= 0.6 is 0 Å². The van der Waals surface area contributed by atoms with Crippen molar-refractivity contribution in [3.05, 3.63) is 85.5 Å². The first-order valence-corrected chi connectivity index (χ1v) is 20.3. The summed E-state index contributed by atoms with van der Waals surface area (Å²) < 4.78 is 0. The second-order valence-corrected chi connectivity index (χ2v) is 19.3. The number of pyridine rings is 4. The molecule has 0 aromatic carbocycles. The van der Waals surface area contributed by atoms with Crippen molar-refractivity contribution in [3.63, 3.8) is 0 Å². The smallest absolute Gasteiger partial charge is 0.0886 e. The van der Waals surface area contributed by atoms with E-state index in [0.717, 1.165) is 46.4 Å². The van der Waals surface area contributed by atoms with Gasteiger partial charge in [-0.2, -0.15) is 0 Å². The summed E-state index contributed by atoms with van der Waals surface area (Å²) in [4.78, 5) is 18.1. The second kappa shape index (κ2) is 19.1. The van der Waals surface area contributed by atoms with Crippen molar-refractivity contribution in [2.75, 3.05) is 0 Å². The summed E-state index contributed by atoms with van der Waals surface area (Å²) in [6.07, 6.45) is 7.84. The van der Waals surface area contributed by atoms with Gasteiger partial charge in [-0.05, 0) is 70.4 Å². The van der Waals surface area contributed by atoms with E-state index in [0.29, 0.717) is 0 Å². The largest absolute Gasteiger partial charge is 0.255 e. The monoisotopic (exact) mass is 698 g/mol. The minimum absolute atomic E-state index is 0. The van der Waals surface area contributed by atoms with Crippen LogP contribution in [0.25, 0.3) is 22.8 Å². The van der Waals surface area contributed by atoms with Crippen LogP contribution < -0.4 is 10.4 Å². The third-order valence-electron chi connectivity index (χ3n) is 7.39. The summed E-state index contributed by atoms with van der Waals surface area (Å²) in [6, 6.07) is 26.2. The maximum Gasteiger partial charge on any atom is 0.0886 e. The number of hydrogen-bond acceptors (Lipinski definition) is 4. The van der Waals surface area contributed by atoms with Gasteiger partial charge >= 0.3 is 0 Å². The van der Waals surface area contributed by atoms with Crippen LogP contribution in [0.4, 0.5) is 0 Å². The van der Waals surface area contributed by atoms with Crippen LogP contribution in [-0.2, 0) is 19.5 Å². The van der Waals surface area contributed by atoms with Crippen molar-refractivity contribution in [3.8, 4) is 22.8 Å². The fraction of sp³-hybridized carbons (Fsp3) is 0.444. The van der Waals surface area contributed by atoms with Crippen LogP contribution in [0, 0.1) is 23.7 Å². The van der Waals surface area contributed by atoms with Crippen molar-refractivity contribution in [1.82, 2.24) is 19.9 Å². The van der Waals surface area contributed by atoms with E-state index in [9.17, 15) is 0 Å². The summed E-state index contributed by atoms with van der Waals surface area (Å²) in [7, 11) is -1.81.